The quantitative estimate of drug-likeness (QED) is 0.254. The number of methoxy groups -OCH3 is 1. The molecule has 2 heterocycles. The minimum absolute atomic E-state index is 0.00862. The van der Waals surface area contributed by atoms with E-state index in [1.807, 2.05) is 42.5 Å². The number of carbonyl (C=O) groups excluding carboxylic acids is 2. The van der Waals surface area contributed by atoms with Crippen LogP contribution in [0.2, 0.25) is 0 Å². The van der Waals surface area contributed by atoms with Gasteiger partial charge in [0.15, 0.2) is 11.3 Å². The van der Waals surface area contributed by atoms with E-state index >= 15 is 0 Å². The Labute approximate surface area is 182 Å². The van der Waals surface area contributed by atoms with Crippen molar-refractivity contribution in [2.45, 2.75) is 23.8 Å². The van der Waals surface area contributed by atoms with E-state index in [0.29, 0.717) is 33.3 Å². The first kappa shape index (κ1) is 20.5. The lowest BCUT2D eigenvalue weighted by molar-refractivity contribution is -0.140. The Morgan fingerprint density at radius 2 is 1.87 bits per heavy atom. The van der Waals surface area contributed by atoms with Crippen LogP contribution in [-0.2, 0) is 15.3 Å². The zero-order valence-electron chi connectivity index (χ0n) is 16.6. The molecule has 0 radical (unpaired) electrons. The van der Waals surface area contributed by atoms with Crippen molar-refractivity contribution in [3.63, 3.8) is 0 Å². The number of hydrogen-bond acceptors (Lipinski definition) is 7. The van der Waals surface area contributed by atoms with Crippen molar-refractivity contribution < 1.29 is 14.3 Å². The van der Waals surface area contributed by atoms with Crippen molar-refractivity contribution >= 4 is 51.4 Å². The molecule has 31 heavy (non-hydrogen) atoms. The normalized spacial score (nSPS) is 10.8. The van der Waals surface area contributed by atoms with Crippen LogP contribution in [0.1, 0.15) is 23.2 Å². The fourth-order valence-electron chi connectivity index (χ4n) is 3.24. The predicted octanol–water partition coefficient (Wildman–Crippen LogP) is 4.42. The third kappa shape index (κ3) is 4.11. The van der Waals surface area contributed by atoms with Crippen molar-refractivity contribution in [1.82, 2.24) is 19.7 Å². The molecular formula is C22H17N5O3S. The van der Waals surface area contributed by atoms with Crippen LogP contribution in [0.3, 0.4) is 0 Å². The molecule has 9 heteroatoms. The average Bonchev–Trinajstić information content (AvgIpc) is 3.14. The van der Waals surface area contributed by atoms with Gasteiger partial charge in [-0.1, -0.05) is 54.2 Å². The molecule has 0 spiro atoms. The van der Waals surface area contributed by atoms with E-state index in [1.54, 1.807) is 6.07 Å². The average molecular weight is 431 g/mol. The Morgan fingerprint density at radius 1 is 1.10 bits per heavy atom. The highest BCUT2D eigenvalue weighted by atomic mass is 32.2. The van der Waals surface area contributed by atoms with Crippen LogP contribution in [0.5, 0.6) is 0 Å². The van der Waals surface area contributed by atoms with Crippen molar-refractivity contribution in [1.29, 1.82) is 0 Å². The van der Waals surface area contributed by atoms with Crippen LogP contribution in [0.4, 0.5) is 5.69 Å². The molecule has 0 aliphatic heterocycles. The molecule has 0 amide bonds. The summed E-state index contributed by atoms with van der Waals surface area (Å²) >= 11 is 1.34. The van der Waals surface area contributed by atoms with Crippen molar-refractivity contribution in [2.24, 2.45) is 0 Å². The first-order valence-electron chi connectivity index (χ1n) is 9.44. The van der Waals surface area contributed by atoms with Crippen LogP contribution in [-0.4, -0.2) is 38.7 Å². The van der Waals surface area contributed by atoms with Crippen molar-refractivity contribution in [2.75, 3.05) is 7.11 Å². The highest BCUT2D eigenvalue weighted by Crippen LogP contribution is 2.30. The molecule has 0 N–H and O–H groups in total. The van der Waals surface area contributed by atoms with E-state index < -0.39 is 5.97 Å². The second-order valence-electron chi connectivity index (χ2n) is 6.62. The summed E-state index contributed by atoms with van der Waals surface area (Å²) in [7, 11) is 1.29. The van der Waals surface area contributed by atoms with Crippen LogP contribution < -0.4 is 0 Å². The molecule has 0 aliphatic carbocycles. The molecule has 4 rings (SSSR count). The lowest BCUT2D eigenvalue weighted by Gasteiger charge is -2.06. The molecule has 2 aromatic carbocycles. The Morgan fingerprint density at radius 3 is 2.68 bits per heavy atom. The number of benzene rings is 2. The largest absolute Gasteiger partial charge is 0.469 e. The summed E-state index contributed by atoms with van der Waals surface area (Å²) < 4.78 is 6.13. The van der Waals surface area contributed by atoms with Gasteiger partial charge in [-0.2, -0.15) is 0 Å². The van der Waals surface area contributed by atoms with Gasteiger partial charge >= 0.3 is 5.97 Å². The van der Waals surface area contributed by atoms with E-state index in [0.717, 1.165) is 10.9 Å². The predicted molar refractivity (Wildman–Crippen MR) is 117 cm³/mol. The smallest absolute Gasteiger partial charge is 0.306 e. The van der Waals surface area contributed by atoms with Gasteiger partial charge in [-0.25, -0.2) is 9.83 Å². The first-order valence-corrected chi connectivity index (χ1v) is 10.4. The lowest BCUT2D eigenvalue weighted by atomic mass is 10.2. The zero-order valence-corrected chi connectivity index (χ0v) is 17.4. The molecule has 0 saturated heterocycles. The summed E-state index contributed by atoms with van der Waals surface area (Å²) in [5, 5.41) is 9.70. The second kappa shape index (κ2) is 8.93. The zero-order chi connectivity index (χ0) is 21.8. The van der Waals surface area contributed by atoms with Gasteiger partial charge in [0, 0.05) is 17.6 Å². The fraction of sp³-hybridized carbons (Fsp3) is 0.182. The summed E-state index contributed by atoms with van der Waals surface area (Å²) in [6.07, 6.45) is -0.0256. The SMILES string of the molecule is [C-]#[N+]c1ccccc1CSc1nnc2c3ccccc3n(C(=O)CCC(=O)OC)c2n1. The maximum atomic E-state index is 13.0. The van der Waals surface area contributed by atoms with Crippen LogP contribution >= 0.6 is 11.8 Å². The van der Waals surface area contributed by atoms with Gasteiger partial charge in [-0.3, -0.25) is 14.2 Å². The number of nitrogens with zero attached hydrogens (tertiary/aromatic N) is 5. The van der Waals surface area contributed by atoms with Crippen molar-refractivity contribution in [3.05, 3.63) is 65.5 Å². The highest BCUT2D eigenvalue weighted by Gasteiger charge is 2.20. The van der Waals surface area contributed by atoms with E-state index in [9.17, 15) is 9.59 Å². The summed E-state index contributed by atoms with van der Waals surface area (Å²) in [4.78, 5) is 32.6. The molecular weight excluding hydrogens is 414 g/mol. The van der Waals surface area contributed by atoms with Gasteiger partial charge in [-0.05, 0) is 11.6 Å². The number of rotatable bonds is 6. The summed E-state index contributed by atoms with van der Waals surface area (Å²) in [5.41, 5.74) is 3.03. The van der Waals surface area contributed by atoms with Gasteiger partial charge in [0.05, 0.1) is 25.6 Å². The molecule has 0 saturated carbocycles. The van der Waals surface area contributed by atoms with Crippen molar-refractivity contribution in [3.8, 4) is 0 Å². The maximum absolute atomic E-state index is 13.0. The third-order valence-electron chi connectivity index (χ3n) is 4.75. The molecule has 0 fully saturated rings. The summed E-state index contributed by atoms with van der Waals surface area (Å²) in [5.74, 6) is -0.217. The fourth-order valence-corrected chi connectivity index (χ4v) is 4.02. The lowest BCUT2D eigenvalue weighted by Crippen LogP contribution is -2.14. The Kier molecular flexibility index (Phi) is 5.91. The number of thioether (sulfide) groups is 1. The van der Waals surface area contributed by atoms with Crippen LogP contribution in [0.25, 0.3) is 26.9 Å². The molecule has 8 nitrogen and oxygen atoms in total. The minimum Gasteiger partial charge on any atom is -0.469 e. The molecule has 0 aliphatic rings. The highest BCUT2D eigenvalue weighted by molar-refractivity contribution is 7.98. The van der Waals surface area contributed by atoms with Gasteiger partial charge in [0.2, 0.25) is 11.1 Å². The molecule has 154 valence electrons. The standard InChI is InChI=1S/C22H17N5O3S/c1-23-16-9-5-3-7-14(16)13-31-22-24-21-20(25-26-22)15-8-4-6-10-17(15)27(21)18(28)11-12-19(29)30-2/h3-10H,11-13H2,2H3. The number of esters is 1. The van der Waals surface area contributed by atoms with Gasteiger partial charge < -0.3 is 4.74 Å². The number of fused-ring (bicyclic) bond motifs is 3. The molecule has 4 aromatic rings. The Bertz CT molecular complexity index is 1340. The van der Waals surface area contributed by atoms with E-state index in [1.165, 1.54) is 23.4 Å². The van der Waals surface area contributed by atoms with Crippen LogP contribution in [0, 0.1) is 6.57 Å². The first-order chi connectivity index (χ1) is 15.1. The maximum Gasteiger partial charge on any atom is 0.306 e. The number of ether oxygens (including phenoxy) is 1. The summed E-state index contributed by atoms with van der Waals surface area (Å²) in [6.45, 7) is 7.29. The van der Waals surface area contributed by atoms with E-state index in [4.69, 9.17) is 6.57 Å². The summed E-state index contributed by atoms with van der Waals surface area (Å²) in [6, 6.07) is 14.7. The number of hydrogen-bond donors (Lipinski definition) is 0. The van der Waals surface area contributed by atoms with Gasteiger partial charge in [0.25, 0.3) is 0 Å². The molecule has 0 unspecified atom stereocenters. The van der Waals surface area contributed by atoms with Crippen LogP contribution in [0.15, 0.2) is 53.7 Å². The molecule has 2 aromatic heterocycles. The molecule has 0 bridgehead atoms. The Hall–Kier alpha value is -3.77. The van der Waals surface area contributed by atoms with Gasteiger partial charge in [-0.15, -0.1) is 10.2 Å². The third-order valence-corrected chi connectivity index (χ3v) is 5.64. The number of aromatic nitrogens is 4. The van der Waals surface area contributed by atoms with E-state index in [2.05, 4.69) is 24.8 Å². The minimum atomic E-state index is -0.448. The monoisotopic (exact) mass is 431 g/mol. The van der Waals surface area contributed by atoms with E-state index in [-0.39, 0.29) is 18.7 Å². The molecule has 0 atom stereocenters. The topological polar surface area (TPSA) is 91.3 Å². The number of para-hydroxylation sites is 2. The van der Waals surface area contributed by atoms with Gasteiger partial charge in [0.1, 0.15) is 5.52 Å². The number of carbonyl (C=O) groups is 2. The Balaban J connectivity index is 1.71. The second-order valence-corrected chi connectivity index (χ2v) is 7.56.